The Balaban J connectivity index is 2.08. The van der Waals surface area contributed by atoms with Gasteiger partial charge in [0, 0.05) is 37.1 Å². The summed E-state index contributed by atoms with van der Waals surface area (Å²) < 4.78 is 0. The monoisotopic (exact) mass is 620 g/mol. The maximum Gasteiger partial charge on any atom is 0.244 e. The number of nitrogens with zero attached hydrogens (tertiary/aromatic N) is 2. The molecule has 0 saturated carbocycles. The predicted molar refractivity (Wildman–Crippen MR) is 176 cm³/mol. The van der Waals surface area contributed by atoms with Crippen molar-refractivity contribution in [2.24, 2.45) is 28.3 Å². The molecule has 2 rings (SSSR count). The van der Waals surface area contributed by atoms with Gasteiger partial charge in [-0.05, 0) is 54.9 Å². The van der Waals surface area contributed by atoms with E-state index in [4.69, 9.17) is 11.5 Å². The van der Waals surface area contributed by atoms with Crippen LogP contribution < -0.4 is 32.7 Å². The van der Waals surface area contributed by atoms with Gasteiger partial charge >= 0.3 is 0 Å². The summed E-state index contributed by atoms with van der Waals surface area (Å²) in [5, 5.41) is 11.5. The van der Waals surface area contributed by atoms with E-state index < -0.39 is 18.0 Å². The Bertz CT molecular complexity index is 1280. The lowest BCUT2D eigenvalue weighted by Crippen LogP contribution is -2.57. The van der Waals surface area contributed by atoms with Crippen molar-refractivity contribution in [3.05, 3.63) is 72.1 Å². The van der Waals surface area contributed by atoms with Crippen molar-refractivity contribution in [1.82, 2.24) is 26.3 Å². The van der Waals surface area contributed by atoms with Crippen LogP contribution in [0.2, 0.25) is 0 Å². The molecule has 0 aliphatic carbocycles. The van der Waals surface area contributed by atoms with Crippen LogP contribution in [-0.2, 0) is 25.6 Å². The van der Waals surface area contributed by atoms with Crippen LogP contribution in [0.5, 0.6) is 0 Å². The number of carbonyl (C=O) groups is 4. The Hall–Kier alpha value is -4.74. The molecular formula is C33H48N8O4. The molecule has 0 aliphatic heterocycles. The Morgan fingerprint density at radius 3 is 2.20 bits per heavy atom. The molecule has 0 bridgehead atoms. The maximum absolute atomic E-state index is 13.5. The predicted octanol–water partition coefficient (Wildman–Crippen LogP) is 1.66. The van der Waals surface area contributed by atoms with Gasteiger partial charge in [-0.25, -0.2) is 0 Å². The highest BCUT2D eigenvalue weighted by atomic mass is 16.2. The Kier molecular flexibility index (Phi) is 15.8. The topological polar surface area (TPSA) is 194 Å². The van der Waals surface area contributed by atoms with E-state index in [1.165, 1.54) is 6.08 Å². The molecule has 0 saturated heterocycles. The molecule has 1 aromatic heterocycles. The minimum atomic E-state index is -0.922. The number of benzene rings is 1. The number of aromatic nitrogens is 1. The zero-order valence-electron chi connectivity index (χ0n) is 26.7. The van der Waals surface area contributed by atoms with E-state index in [0.717, 1.165) is 5.56 Å². The Morgan fingerprint density at radius 2 is 1.58 bits per heavy atom. The van der Waals surface area contributed by atoms with Gasteiger partial charge < -0.3 is 32.7 Å². The molecule has 1 heterocycles. The van der Waals surface area contributed by atoms with Gasteiger partial charge in [0.05, 0.1) is 6.42 Å². The fraction of sp³-hybridized carbons (Fsp3) is 0.455. The summed E-state index contributed by atoms with van der Waals surface area (Å²) in [4.78, 5) is 60.4. The zero-order chi connectivity index (χ0) is 33.2. The number of nitrogens with one attached hydrogen (secondary N) is 4. The van der Waals surface area contributed by atoms with Crippen molar-refractivity contribution in [1.29, 1.82) is 0 Å². The summed E-state index contributed by atoms with van der Waals surface area (Å²) in [6.07, 6.45) is 5.81. The number of nitrogens with two attached hydrogens (primary N) is 2. The molecule has 3 atom stereocenters. The van der Waals surface area contributed by atoms with Crippen molar-refractivity contribution in [3.63, 3.8) is 0 Å². The molecule has 0 aliphatic rings. The number of guanidine groups is 1. The number of aliphatic imine (C=N–C) groups is 1. The lowest BCUT2D eigenvalue weighted by molar-refractivity contribution is -0.132. The fourth-order valence-electron chi connectivity index (χ4n) is 4.40. The first kappa shape index (κ1) is 36.5. The molecule has 8 N–H and O–H groups in total. The second kappa shape index (κ2) is 19.5. The summed E-state index contributed by atoms with van der Waals surface area (Å²) in [6, 6.07) is 12.6. The van der Waals surface area contributed by atoms with Crippen LogP contribution in [-0.4, -0.2) is 65.8 Å². The molecule has 0 fully saturated rings. The third kappa shape index (κ3) is 15.0. The van der Waals surface area contributed by atoms with Gasteiger partial charge in [-0.2, -0.15) is 0 Å². The minimum absolute atomic E-state index is 0.00285. The highest BCUT2D eigenvalue weighted by Gasteiger charge is 2.29. The third-order valence-electron chi connectivity index (χ3n) is 6.86. The molecule has 2 aromatic rings. The van der Waals surface area contributed by atoms with E-state index in [-0.39, 0.29) is 67.5 Å². The van der Waals surface area contributed by atoms with Crippen LogP contribution in [0.25, 0.3) is 6.08 Å². The number of pyridine rings is 1. The highest BCUT2D eigenvalue weighted by molar-refractivity contribution is 5.93. The van der Waals surface area contributed by atoms with Crippen molar-refractivity contribution < 1.29 is 19.2 Å². The average molecular weight is 621 g/mol. The molecule has 45 heavy (non-hydrogen) atoms. The molecule has 12 heteroatoms. The molecule has 244 valence electrons. The van der Waals surface area contributed by atoms with Crippen molar-refractivity contribution >= 4 is 35.7 Å². The molecule has 0 radical (unpaired) electrons. The summed E-state index contributed by atoms with van der Waals surface area (Å²) in [7, 11) is 0. The standard InChI is InChI=1S/C33H48N8O4/c1-22(2)19-27(32(45)41-28(23(3)4)21-38-29(42)16-15-24-11-6-5-7-12-24)40-31(44)26(14-10-18-37-33(34)35)39-30(43)20-25-13-8-9-17-36-25/h5-9,11-13,15-17,22-23,26-28H,10,14,18-21H2,1-4H3,(H,38,42)(H,39,43)(H,40,44)(H,41,45)(H4,34,35,37)/b16-15+/t26-,27-,28+/m0/s1. The van der Waals surface area contributed by atoms with Gasteiger partial charge in [-0.15, -0.1) is 0 Å². The number of amides is 4. The van der Waals surface area contributed by atoms with E-state index in [0.29, 0.717) is 18.5 Å². The lowest BCUT2D eigenvalue weighted by Gasteiger charge is -2.28. The van der Waals surface area contributed by atoms with Gasteiger partial charge in [-0.1, -0.05) is 64.1 Å². The van der Waals surface area contributed by atoms with Crippen molar-refractivity contribution in [2.45, 2.75) is 71.5 Å². The summed E-state index contributed by atoms with van der Waals surface area (Å²) in [5.41, 5.74) is 12.3. The molecule has 12 nitrogen and oxygen atoms in total. The van der Waals surface area contributed by atoms with Gasteiger partial charge in [0.2, 0.25) is 23.6 Å². The zero-order valence-corrected chi connectivity index (χ0v) is 26.7. The van der Waals surface area contributed by atoms with E-state index in [1.807, 2.05) is 58.0 Å². The Labute approximate surface area is 265 Å². The quantitative estimate of drug-likeness (QED) is 0.0631. The van der Waals surface area contributed by atoms with Crippen LogP contribution >= 0.6 is 0 Å². The first-order valence-corrected chi connectivity index (χ1v) is 15.3. The lowest BCUT2D eigenvalue weighted by atomic mass is 9.99. The van der Waals surface area contributed by atoms with Crippen LogP contribution in [0.4, 0.5) is 0 Å². The summed E-state index contributed by atoms with van der Waals surface area (Å²) in [5.74, 6) is -1.50. The average Bonchev–Trinajstić information content (AvgIpc) is 2.99. The van der Waals surface area contributed by atoms with Gasteiger partial charge in [0.25, 0.3) is 0 Å². The highest BCUT2D eigenvalue weighted by Crippen LogP contribution is 2.10. The first-order valence-electron chi connectivity index (χ1n) is 15.3. The smallest absolute Gasteiger partial charge is 0.244 e. The molecule has 1 aromatic carbocycles. The second-order valence-corrected chi connectivity index (χ2v) is 11.6. The number of carbonyl (C=O) groups excluding carboxylic acids is 4. The van der Waals surface area contributed by atoms with Crippen LogP contribution in [0.3, 0.4) is 0 Å². The van der Waals surface area contributed by atoms with Crippen molar-refractivity contribution in [2.75, 3.05) is 13.1 Å². The molecule has 0 unspecified atom stereocenters. The second-order valence-electron chi connectivity index (χ2n) is 11.6. The number of hydrogen-bond donors (Lipinski definition) is 6. The number of hydrogen-bond acceptors (Lipinski definition) is 6. The molecule has 4 amide bonds. The van der Waals surface area contributed by atoms with E-state index >= 15 is 0 Å². The van der Waals surface area contributed by atoms with Gasteiger partial charge in [-0.3, -0.25) is 29.2 Å². The van der Waals surface area contributed by atoms with Gasteiger partial charge in [0.15, 0.2) is 5.96 Å². The molecule has 0 spiro atoms. The van der Waals surface area contributed by atoms with Crippen LogP contribution in [0.1, 0.15) is 58.2 Å². The maximum atomic E-state index is 13.5. The van der Waals surface area contributed by atoms with Crippen LogP contribution in [0, 0.1) is 11.8 Å². The minimum Gasteiger partial charge on any atom is -0.370 e. The van der Waals surface area contributed by atoms with E-state index in [9.17, 15) is 19.2 Å². The molecular weight excluding hydrogens is 572 g/mol. The van der Waals surface area contributed by atoms with E-state index in [1.54, 1.807) is 30.5 Å². The first-order chi connectivity index (χ1) is 21.4. The number of rotatable bonds is 18. The third-order valence-corrected chi connectivity index (χ3v) is 6.86. The van der Waals surface area contributed by atoms with Crippen LogP contribution in [0.15, 0.2) is 65.8 Å². The van der Waals surface area contributed by atoms with Crippen molar-refractivity contribution in [3.8, 4) is 0 Å². The van der Waals surface area contributed by atoms with E-state index in [2.05, 4.69) is 31.2 Å². The largest absolute Gasteiger partial charge is 0.370 e. The normalized spacial score (nSPS) is 13.1. The summed E-state index contributed by atoms with van der Waals surface area (Å²) >= 11 is 0. The SMILES string of the molecule is CC(C)C[C@H](NC(=O)[C@H](CCCN=C(N)N)NC(=O)Cc1ccccn1)C(=O)N[C@H](CNC(=O)/C=C/c1ccccc1)C(C)C. The Morgan fingerprint density at radius 1 is 0.889 bits per heavy atom. The fourth-order valence-corrected chi connectivity index (χ4v) is 4.40. The van der Waals surface area contributed by atoms with Gasteiger partial charge in [0.1, 0.15) is 12.1 Å². The summed E-state index contributed by atoms with van der Waals surface area (Å²) in [6.45, 7) is 8.27.